The lowest BCUT2D eigenvalue weighted by Gasteiger charge is -2.31. The van der Waals surface area contributed by atoms with E-state index in [9.17, 15) is 4.79 Å². The van der Waals surface area contributed by atoms with Crippen LogP contribution >= 0.6 is 0 Å². The first-order valence-electron chi connectivity index (χ1n) is 6.41. The van der Waals surface area contributed by atoms with Crippen LogP contribution in [0.4, 0.5) is 0 Å². The topological polar surface area (TPSA) is 60.2 Å². The zero-order valence-corrected chi connectivity index (χ0v) is 10.8. The van der Waals surface area contributed by atoms with E-state index < -0.39 is 0 Å². The second-order valence-electron chi connectivity index (χ2n) is 4.76. The Labute approximate surface area is 110 Å². The van der Waals surface area contributed by atoms with Gasteiger partial charge in [0.1, 0.15) is 12.1 Å². The van der Waals surface area contributed by atoms with Gasteiger partial charge in [-0.1, -0.05) is 17.3 Å². The maximum absolute atomic E-state index is 12.2. The van der Waals surface area contributed by atoms with Gasteiger partial charge in [-0.05, 0) is 19.1 Å². The van der Waals surface area contributed by atoms with Gasteiger partial charge >= 0.3 is 0 Å². The summed E-state index contributed by atoms with van der Waals surface area (Å²) in [6.45, 7) is 4.10. The molecule has 1 aromatic heterocycles. The molecule has 19 heavy (non-hydrogen) atoms. The van der Waals surface area contributed by atoms with Crippen molar-refractivity contribution in [3.05, 3.63) is 24.3 Å². The summed E-state index contributed by atoms with van der Waals surface area (Å²) < 4.78 is 7.09. The monoisotopic (exact) mass is 260 g/mol. The van der Waals surface area contributed by atoms with Crippen molar-refractivity contribution in [2.75, 3.05) is 19.7 Å². The van der Waals surface area contributed by atoms with Gasteiger partial charge in [0.25, 0.3) is 0 Å². The van der Waals surface area contributed by atoms with E-state index in [2.05, 4.69) is 10.3 Å². The summed E-state index contributed by atoms with van der Waals surface area (Å²) in [6.07, 6.45) is 0.102. The third-order valence-electron chi connectivity index (χ3n) is 3.30. The van der Waals surface area contributed by atoms with Gasteiger partial charge in [-0.2, -0.15) is 0 Å². The van der Waals surface area contributed by atoms with Crippen molar-refractivity contribution in [2.45, 2.75) is 19.6 Å². The number of para-hydroxylation sites is 1. The first kappa shape index (κ1) is 12.1. The van der Waals surface area contributed by atoms with E-state index in [1.165, 1.54) is 0 Å². The van der Waals surface area contributed by atoms with Gasteiger partial charge in [0, 0.05) is 13.1 Å². The van der Waals surface area contributed by atoms with E-state index in [4.69, 9.17) is 4.74 Å². The third-order valence-corrected chi connectivity index (χ3v) is 3.30. The Morgan fingerprint density at radius 1 is 1.47 bits per heavy atom. The van der Waals surface area contributed by atoms with Gasteiger partial charge in [-0.3, -0.25) is 4.79 Å². The molecular formula is C13H16N4O2. The van der Waals surface area contributed by atoms with Gasteiger partial charge < -0.3 is 9.64 Å². The van der Waals surface area contributed by atoms with E-state index in [0.29, 0.717) is 19.7 Å². The predicted octanol–water partition coefficient (Wildman–Crippen LogP) is 0.679. The van der Waals surface area contributed by atoms with Crippen molar-refractivity contribution in [3.8, 4) is 0 Å². The normalized spacial score (nSPS) is 19.8. The summed E-state index contributed by atoms with van der Waals surface area (Å²) >= 11 is 0. The van der Waals surface area contributed by atoms with Crippen molar-refractivity contribution in [1.82, 2.24) is 19.9 Å². The molecule has 1 amide bonds. The van der Waals surface area contributed by atoms with Gasteiger partial charge in [-0.25, -0.2) is 4.68 Å². The Morgan fingerprint density at radius 3 is 3.16 bits per heavy atom. The molecule has 0 radical (unpaired) electrons. The zero-order chi connectivity index (χ0) is 13.2. The zero-order valence-electron chi connectivity index (χ0n) is 10.8. The summed E-state index contributed by atoms with van der Waals surface area (Å²) in [6, 6.07) is 7.64. The number of carbonyl (C=O) groups is 1. The summed E-state index contributed by atoms with van der Waals surface area (Å²) in [5.41, 5.74) is 1.70. The molecule has 0 saturated carbocycles. The van der Waals surface area contributed by atoms with Crippen LogP contribution in [0.2, 0.25) is 0 Å². The number of amides is 1. The number of hydrogen-bond donors (Lipinski definition) is 0. The molecule has 2 aromatic rings. The van der Waals surface area contributed by atoms with Crippen molar-refractivity contribution in [1.29, 1.82) is 0 Å². The first-order chi connectivity index (χ1) is 9.24. The van der Waals surface area contributed by atoms with E-state index in [0.717, 1.165) is 11.0 Å². The highest BCUT2D eigenvalue weighted by atomic mass is 16.5. The number of nitrogens with zero attached hydrogens (tertiary/aromatic N) is 4. The number of hydrogen-bond acceptors (Lipinski definition) is 4. The number of carbonyl (C=O) groups excluding carboxylic acids is 1. The van der Waals surface area contributed by atoms with Crippen LogP contribution < -0.4 is 0 Å². The van der Waals surface area contributed by atoms with Crippen LogP contribution in [0.3, 0.4) is 0 Å². The van der Waals surface area contributed by atoms with Crippen molar-refractivity contribution < 1.29 is 9.53 Å². The summed E-state index contributed by atoms with van der Waals surface area (Å²) in [4.78, 5) is 14.1. The van der Waals surface area contributed by atoms with E-state index in [-0.39, 0.29) is 18.6 Å². The fraction of sp³-hybridized carbons (Fsp3) is 0.462. The van der Waals surface area contributed by atoms with E-state index in [1.807, 2.05) is 36.1 Å². The molecule has 0 bridgehead atoms. The lowest BCUT2D eigenvalue weighted by atomic mass is 10.3. The molecule has 0 spiro atoms. The van der Waals surface area contributed by atoms with Gasteiger partial charge in [-0.15, -0.1) is 5.10 Å². The molecule has 0 aliphatic carbocycles. The van der Waals surface area contributed by atoms with Gasteiger partial charge in [0.2, 0.25) is 5.91 Å². The summed E-state index contributed by atoms with van der Waals surface area (Å²) in [5.74, 6) is 0.0609. The summed E-state index contributed by atoms with van der Waals surface area (Å²) in [7, 11) is 0. The molecule has 6 nitrogen and oxygen atoms in total. The minimum atomic E-state index is 0.0609. The van der Waals surface area contributed by atoms with Gasteiger partial charge in [0.15, 0.2) is 0 Å². The third kappa shape index (κ3) is 2.44. The number of aromatic nitrogens is 3. The van der Waals surface area contributed by atoms with Crippen LogP contribution in [0.1, 0.15) is 6.92 Å². The van der Waals surface area contributed by atoms with Crippen LogP contribution in [0.5, 0.6) is 0 Å². The Morgan fingerprint density at radius 2 is 2.32 bits per heavy atom. The molecule has 1 atom stereocenters. The van der Waals surface area contributed by atoms with Crippen LogP contribution in [0, 0.1) is 0 Å². The second-order valence-corrected chi connectivity index (χ2v) is 4.76. The van der Waals surface area contributed by atoms with E-state index >= 15 is 0 Å². The van der Waals surface area contributed by atoms with Crippen LogP contribution in [0.25, 0.3) is 11.0 Å². The molecule has 3 rings (SSSR count). The van der Waals surface area contributed by atoms with Crippen molar-refractivity contribution in [3.63, 3.8) is 0 Å². The van der Waals surface area contributed by atoms with Crippen LogP contribution in [-0.4, -0.2) is 51.6 Å². The number of fused-ring (bicyclic) bond motifs is 1. The molecule has 0 N–H and O–H groups in total. The van der Waals surface area contributed by atoms with Crippen LogP contribution in [0.15, 0.2) is 24.3 Å². The fourth-order valence-corrected chi connectivity index (χ4v) is 2.31. The fourth-order valence-electron chi connectivity index (χ4n) is 2.31. The first-order valence-corrected chi connectivity index (χ1v) is 6.41. The Balaban J connectivity index is 1.75. The standard InChI is InChI=1S/C13H16N4O2/c1-10-8-16(6-7-19-10)13(18)9-17-12-5-3-2-4-11(12)14-15-17/h2-5,10H,6-9H2,1H3. The van der Waals surface area contributed by atoms with Crippen molar-refractivity contribution in [2.24, 2.45) is 0 Å². The van der Waals surface area contributed by atoms with Gasteiger partial charge in [0.05, 0.1) is 18.2 Å². The average molecular weight is 260 g/mol. The molecule has 1 aliphatic heterocycles. The average Bonchev–Trinajstić information content (AvgIpc) is 2.82. The molecule has 1 fully saturated rings. The number of benzene rings is 1. The highest BCUT2D eigenvalue weighted by Crippen LogP contribution is 2.11. The minimum Gasteiger partial charge on any atom is -0.375 e. The van der Waals surface area contributed by atoms with E-state index in [1.54, 1.807) is 4.68 Å². The molecular weight excluding hydrogens is 244 g/mol. The smallest absolute Gasteiger partial charge is 0.244 e. The largest absolute Gasteiger partial charge is 0.375 e. The lowest BCUT2D eigenvalue weighted by Crippen LogP contribution is -2.45. The van der Waals surface area contributed by atoms with Crippen LogP contribution in [-0.2, 0) is 16.1 Å². The highest BCUT2D eigenvalue weighted by molar-refractivity contribution is 5.79. The molecule has 100 valence electrons. The number of morpholine rings is 1. The predicted molar refractivity (Wildman–Crippen MR) is 69.5 cm³/mol. The maximum atomic E-state index is 12.2. The Hall–Kier alpha value is -1.95. The molecule has 2 heterocycles. The maximum Gasteiger partial charge on any atom is 0.244 e. The molecule has 1 unspecified atom stereocenters. The number of rotatable bonds is 2. The van der Waals surface area contributed by atoms with Crippen molar-refractivity contribution >= 4 is 16.9 Å². The molecule has 1 aliphatic rings. The molecule has 6 heteroatoms. The summed E-state index contributed by atoms with van der Waals surface area (Å²) in [5, 5.41) is 8.09. The lowest BCUT2D eigenvalue weighted by molar-refractivity contribution is -0.138. The minimum absolute atomic E-state index is 0.0609. The second kappa shape index (κ2) is 4.97. The number of ether oxygens (including phenoxy) is 1. The SMILES string of the molecule is CC1CN(C(=O)Cn2nnc3ccccc32)CCO1. The quantitative estimate of drug-likeness (QED) is 0.796. The Bertz CT molecular complexity index is 595. The highest BCUT2D eigenvalue weighted by Gasteiger charge is 2.22. The molecule has 1 aromatic carbocycles. The molecule has 1 saturated heterocycles. The Kier molecular flexibility index (Phi) is 3.16.